The molecule has 1 saturated heterocycles. The van der Waals surface area contributed by atoms with Gasteiger partial charge in [-0.2, -0.15) is 13.2 Å². The number of rotatable bonds is 8. The lowest BCUT2D eigenvalue weighted by atomic mass is 10.0. The van der Waals surface area contributed by atoms with Gasteiger partial charge in [0.2, 0.25) is 5.89 Å². The van der Waals surface area contributed by atoms with Crippen LogP contribution in [0, 0.1) is 6.92 Å². The van der Waals surface area contributed by atoms with Gasteiger partial charge in [0.1, 0.15) is 17.6 Å². The number of oxazole rings is 1. The number of halogens is 3. The molecule has 0 spiro atoms. The molecule has 9 heteroatoms. The number of piperidine rings is 1. The van der Waals surface area contributed by atoms with Crippen molar-refractivity contribution in [1.29, 1.82) is 0 Å². The fraction of sp³-hybridized carbons (Fsp3) is 0.407. The summed E-state index contributed by atoms with van der Waals surface area (Å²) in [4.78, 5) is 18.7. The van der Waals surface area contributed by atoms with Crippen molar-refractivity contribution in [2.24, 2.45) is 0 Å². The maximum absolute atomic E-state index is 12.8. The molecule has 0 amide bonds. The van der Waals surface area contributed by atoms with Crippen LogP contribution >= 0.6 is 0 Å². The molecule has 2 heterocycles. The number of carbonyl (C=O) groups excluding carboxylic acids is 1. The van der Waals surface area contributed by atoms with E-state index in [0.717, 1.165) is 43.5 Å². The highest BCUT2D eigenvalue weighted by Gasteiger charge is 2.30. The van der Waals surface area contributed by atoms with Crippen LogP contribution in [0.1, 0.15) is 41.8 Å². The first-order valence-corrected chi connectivity index (χ1v) is 11.9. The molecule has 1 aliphatic rings. The zero-order chi connectivity index (χ0) is 25.7. The lowest BCUT2D eigenvalue weighted by molar-refractivity contribution is -0.148. The van der Waals surface area contributed by atoms with Crippen molar-refractivity contribution in [2.45, 2.75) is 51.4 Å². The number of likely N-dealkylation sites (tertiary alicyclic amines) is 1. The van der Waals surface area contributed by atoms with Gasteiger partial charge in [0.15, 0.2) is 0 Å². The maximum Gasteiger partial charge on any atom is 0.416 e. The predicted octanol–water partition coefficient (Wildman–Crippen LogP) is 5.82. The van der Waals surface area contributed by atoms with Crippen LogP contribution in [-0.2, 0) is 28.7 Å². The molecule has 0 saturated carbocycles. The van der Waals surface area contributed by atoms with Gasteiger partial charge in [-0.15, -0.1) is 0 Å². The van der Waals surface area contributed by atoms with Gasteiger partial charge in [-0.1, -0.05) is 18.6 Å². The molecular formula is C27H29F3N2O4. The first-order chi connectivity index (χ1) is 17.2. The summed E-state index contributed by atoms with van der Waals surface area (Å²) in [5.74, 6) is 1.42. The van der Waals surface area contributed by atoms with E-state index in [1.54, 1.807) is 6.92 Å². The lowest BCUT2D eigenvalue weighted by Gasteiger charge is -2.33. The lowest BCUT2D eigenvalue weighted by Crippen LogP contribution is -2.44. The van der Waals surface area contributed by atoms with Crippen LogP contribution in [0.15, 0.2) is 52.9 Å². The second-order valence-corrected chi connectivity index (χ2v) is 8.84. The van der Waals surface area contributed by atoms with Crippen molar-refractivity contribution in [3.05, 3.63) is 71.1 Å². The van der Waals surface area contributed by atoms with Gasteiger partial charge in [0, 0.05) is 18.5 Å². The van der Waals surface area contributed by atoms with Crippen LogP contribution in [-0.4, -0.2) is 42.2 Å². The number of esters is 1. The molecular weight excluding hydrogens is 473 g/mol. The predicted molar refractivity (Wildman–Crippen MR) is 127 cm³/mol. The molecule has 6 nitrogen and oxygen atoms in total. The third-order valence-electron chi connectivity index (χ3n) is 6.36. The summed E-state index contributed by atoms with van der Waals surface area (Å²) < 4.78 is 54.8. The van der Waals surface area contributed by atoms with E-state index in [4.69, 9.17) is 13.9 Å². The molecule has 0 bridgehead atoms. The number of carbonyl (C=O) groups is 1. The molecule has 0 aliphatic carbocycles. The van der Waals surface area contributed by atoms with Gasteiger partial charge in [0.25, 0.3) is 0 Å². The van der Waals surface area contributed by atoms with Crippen LogP contribution in [0.25, 0.3) is 11.5 Å². The Bertz CT molecular complexity index is 1160. The fourth-order valence-corrected chi connectivity index (χ4v) is 4.36. The van der Waals surface area contributed by atoms with Crippen LogP contribution < -0.4 is 4.74 Å². The maximum atomic E-state index is 12.8. The van der Waals surface area contributed by atoms with Crippen molar-refractivity contribution in [3.8, 4) is 17.2 Å². The first kappa shape index (κ1) is 25.8. The largest absolute Gasteiger partial charge is 0.493 e. The molecule has 2 aromatic carbocycles. The summed E-state index contributed by atoms with van der Waals surface area (Å²) in [7, 11) is 1.43. The number of hydrogen-bond acceptors (Lipinski definition) is 6. The minimum atomic E-state index is -4.38. The highest BCUT2D eigenvalue weighted by atomic mass is 19.4. The highest BCUT2D eigenvalue weighted by Crippen LogP contribution is 2.31. The fourth-order valence-electron chi connectivity index (χ4n) is 4.36. The number of benzene rings is 2. The van der Waals surface area contributed by atoms with Crippen molar-refractivity contribution in [3.63, 3.8) is 0 Å². The van der Waals surface area contributed by atoms with E-state index in [1.165, 1.54) is 19.2 Å². The van der Waals surface area contributed by atoms with E-state index in [1.807, 2.05) is 24.3 Å². The third-order valence-corrected chi connectivity index (χ3v) is 6.36. The number of methoxy groups -OCH3 is 1. The summed E-state index contributed by atoms with van der Waals surface area (Å²) >= 11 is 0. The quantitative estimate of drug-likeness (QED) is 0.362. The molecule has 1 atom stereocenters. The van der Waals surface area contributed by atoms with E-state index in [9.17, 15) is 18.0 Å². The van der Waals surface area contributed by atoms with Crippen molar-refractivity contribution in [2.75, 3.05) is 20.3 Å². The van der Waals surface area contributed by atoms with Crippen LogP contribution in [0.3, 0.4) is 0 Å². The number of aromatic nitrogens is 1. The summed E-state index contributed by atoms with van der Waals surface area (Å²) in [6.07, 6.45) is -0.983. The Morgan fingerprint density at radius 2 is 1.83 bits per heavy atom. The summed E-state index contributed by atoms with van der Waals surface area (Å²) in [5, 5.41) is 0. The van der Waals surface area contributed by atoms with Gasteiger partial charge >= 0.3 is 12.1 Å². The molecule has 1 aromatic heterocycles. The Morgan fingerprint density at radius 3 is 2.50 bits per heavy atom. The Kier molecular flexibility index (Phi) is 7.98. The van der Waals surface area contributed by atoms with Crippen molar-refractivity contribution in [1.82, 2.24) is 9.88 Å². The third kappa shape index (κ3) is 6.26. The topological polar surface area (TPSA) is 64.8 Å². The molecule has 36 heavy (non-hydrogen) atoms. The molecule has 192 valence electrons. The Labute approximate surface area is 208 Å². The monoisotopic (exact) mass is 502 g/mol. The minimum absolute atomic E-state index is 0.181. The average molecular weight is 503 g/mol. The Morgan fingerprint density at radius 1 is 1.11 bits per heavy atom. The van der Waals surface area contributed by atoms with E-state index in [-0.39, 0.29) is 17.9 Å². The van der Waals surface area contributed by atoms with Gasteiger partial charge in [-0.25, -0.2) is 4.98 Å². The van der Waals surface area contributed by atoms with E-state index >= 15 is 0 Å². The number of nitrogens with zero attached hydrogens (tertiary/aromatic N) is 2. The molecule has 1 fully saturated rings. The van der Waals surface area contributed by atoms with E-state index in [2.05, 4.69) is 9.88 Å². The molecule has 1 aliphatic heterocycles. The van der Waals surface area contributed by atoms with Crippen LogP contribution in [0.5, 0.6) is 5.75 Å². The van der Waals surface area contributed by atoms with Gasteiger partial charge in [0.05, 0.1) is 25.0 Å². The zero-order valence-electron chi connectivity index (χ0n) is 20.3. The second-order valence-electron chi connectivity index (χ2n) is 8.84. The van der Waals surface area contributed by atoms with Crippen LogP contribution in [0.4, 0.5) is 13.2 Å². The second kappa shape index (κ2) is 11.2. The first-order valence-electron chi connectivity index (χ1n) is 11.9. The van der Waals surface area contributed by atoms with Crippen molar-refractivity contribution >= 4 is 5.97 Å². The molecule has 0 N–H and O–H groups in total. The number of hydrogen-bond donors (Lipinski definition) is 0. The van der Waals surface area contributed by atoms with Gasteiger partial charge in [-0.3, -0.25) is 9.69 Å². The summed E-state index contributed by atoms with van der Waals surface area (Å²) in [6.45, 7) is 3.68. The summed E-state index contributed by atoms with van der Waals surface area (Å²) in [5.41, 5.74) is 1.55. The number of ether oxygens (including phenoxy) is 2. The molecule has 0 radical (unpaired) electrons. The van der Waals surface area contributed by atoms with E-state index in [0.29, 0.717) is 42.3 Å². The number of alkyl halides is 3. The zero-order valence-corrected chi connectivity index (χ0v) is 20.3. The SMILES string of the molecule is COC(=O)[C@H]1CCCCN1Cc1ccc(OCCc2nc(-c3ccc(C(F)(F)F)cc3)oc2C)cc1. The summed E-state index contributed by atoms with van der Waals surface area (Å²) in [6, 6.07) is 12.3. The van der Waals surface area contributed by atoms with E-state index < -0.39 is 11.7 Å². The standard InChI is InChI=1S/C27H29F3N2O4/c1-18-23(31-25(36-18)20-8-10-21(11-9-20)27(28,29)30)14-16-35-22-12-6-19(7-13-22)17-32-15-4-3-5-24(32)26(33)34-2/h6-13,24H,3-5,14-17H2,1-2H3/t24-/m1/s1. The Hall–Kier alpha value is -3.33. The smallest absolute Gasteiger partial charge is 0.416 e. The molecule has 0 unspecified atom stereocenters. The van der Waals surface area contributed by atoms with Crippen LogP contribution in [0.2, 0.25) is 0 Å². The Balaban J connectivity index is 1.30. The van der Waals surface area contributed by atoms with Gasteiger partial charge in [-0.05, 0) is 68.3 Å². The average Bonchev–Trinajstić information content (AvgIpc) is 3.25. The van der Waals surface area contributed by atoms with Gasteiger partial charge < -0.3 is 13.9 Å². The highest BCUT2D eigenvalue weighted by molar-refractivity contribution is 5.75. The molecule has 4 rings (SSSR count). The number of aryl methyl sites for hydroxylation is 1. The normalized spacial score (nSPS) is 16.6. The minimum Gasteiger partial charge on any atom is -0.493 e. The van der Waals surface area contributed by atoms with Crippen molar-refractivity contribution < 1.29 is 31.9 Å². The molecule has 3 aromatic rings.